The molecule has 0 amide bonds. The second kappa shape index (κ2) is 2.45. The van der Waals surface area contributed by atoms with Crippen LogP contribution in [0.4, 0.5) is 4.39 Å². The lowest BCUT2D eigenvalue weighted by Gasteiger charge is -2.03. The first-order valence-corrected chi connectivity index (χ1v) is 3.87. The highest BCUT2D eigenvalue weighted by Gasteiger charge is 2.22. The van der Waals surface area contributed by atoms with E-state index in [9.17, 15) is 4.39 Å². The van der Waals surface area contributed by atoms with Crippen molar-refractivity contribution in [3.8, 4) is 5.75 Å². The van der Waals surface area contributed by atoms with E-state index in [-0.39, 0.29) is 11.9 Å². The number of hydrogen-bond donors (Lipinski definition) is 1. The Kier molecular flexibility index (Phi) is 1.54. The highest BCUT2D eigenvalue weighted by atomic mass is 19.1. The third kappa shape index (κ3) is 0.975. The third-order valence-electron chi connectivity index (χ3n) is 2.07. The summed E-state index contributed by atoms with van der Waals surface area (Å²) < 4.78 is 18.2. The molecule has 1 aromatic carbocycles. The molecule has 2 N–H and O–H groups in total. The zero-order valence-electron chi connectivity index (χ0n) is 6.80. The van der Waals surface area contributed by atoms with Crippen LogP contribution in [0.2, 0.25) is 0 Å². The number of aryl methyl sites for hydroxylation is 1. The molecule has 0 saturated heterocycles. The Bertz CT molecular complexity index is 325. The van der Waals surface area contributed by atoms with Crippen molar-refractivity contribution in [1.29, 1.82) is 0 Å². The Morgan fingerprint density at radius 2 is 2.33 bits per heavy atom. The molecule has 0 spiro atoms. The standard InChI is InChI=1S/C9H10FNO/c1-5-2-6(10)3-7-8(11)4-12-9(5)7/h2-3,8H,4,11H2,1H3/t8-/m1/s1. The van der Waals surface area contributed by atoms with E-state index in [0.29, 0.717) is 6.61 Å². The van der Waals surface area contributed by atoms with Gasteiger partial charge in [-0.25, -0.2) is 4.39 Å². The van der Waals surface area contributed by atoms with Crippen molar-refractivity contribution < 1.29 is 9.13 Å². The minimum Gasteiger partial charge on any atom is -0.491 e. The average Bonchev–Trinajstić information content (AvgIpc) is 2.33. The van der Waals surface area contributed by atoms with E-state index in [1.54, 1.807) is 0 Å². The third-order valence-corrected chi connectivity index (χ3v) is 2.07. The van der Waals surface area contributed by atoms with Crippen LogP contribution in [0.1, 0.15) is 17.2 Å². The fourth-order valence-electron chi connectivity index (χ4n) is 1.49. The van der Waals surface area contributed by atoms with E-state index >= 15 is 0 Å². The number of benzene rings is 1. The predicted molar refractivity (Wildman–Crippen MR) is 43.6 cm³/mol. The van der Waals surface area contributed by atoms with Gasteiger partial charge in [0.1, 0.15) is 18.2 Å². The summed E-state index contributed by atoms with van der Waals surface area (Å²) >= 11 is 0. The van der Waals surface area contributed by atoms with E-state index in [1.807, 2.05) is 6.92 Å². The van der Waals surface area contributed by atoms with Gasteiger partial charge in [0.15, 0.2) is 0 Å². The van der Waals surface area contributed by atoms with Crippen LogP contribution in [-0.4, -0.2) is 6.61 Å². The molecule has 64 valence electrons. The average molecular weight is 167 g/mol. The lowest BCUT2D eigenvalue weighted by atomic mass is 10.1. The van der Waals surface area contributed by atoms with Crippen molar-refractivity contribution in [2.24, 2.45) is 5.73 Å². The summed E-state index contributed by atoms with van der Waals surface area (Å²) in [5.74, 6) is 0.510. The van der Waals surface area contributed by atoms with E-state index in [1.165, 1.54) is 12.1 Å². The molecule has 1 aliphatic heterocycles. The molecule has 0 aliphatic carbocycles. The first-order valence-electron chi connectivity index (χ1n) is 3.87. The first-order chi connectivity index (χ1) is 5.68. The highest BCUT2D eigenvalue weighted by molar-refractivity contribution is 5.45. The van der Waals surface area contributed by atoms with E-state index < -0.39 is 0 Å². The summed E-state index contributed by atoms with van der Waals surface area (Å²) in [6.07, 6.45) is 0. The number of nitrogens with two attached hydrogens (primary N) is 1. The summed E-state index contributed by atoms with van der Waals surface area (Å²) in [5.41, 5.74) is 7.29. The second-order valence-electron chi connectivity index (χ2n) is 3.06. The molecule has 0 aromatic heterocycles. The molecule has 2 nitrogen and oxygen atoms in total. The molecule has 3 heteroatoms. The second-order valence-corrected chi connectivity index (χ2v) is 3.06. The van der Waals surface area contributed by atoms with Crippen LogP contribution in [-0.2, 0) is 0 Å². The van der Waals surface area contributed by atoms with Gasteiger partial charge >= 0.3 is 0 Å². The molecular formula is C9H10FNO. The van der Waals surface area contributed by atoms with Crippen LogP contribution in [0.15, 0.2) is 12.1 Å². The van der Waals surface area contributed by atoms with Gasteiger partial charge in [-0.2, -0.15) is 0 Å². The minimum absolute atomic E-state index is 0.172. The van der Waals surface area contributed by atoms with Gasteiger partial charge in [0.05, 0.1) is 6.04 Å². The maximum atomic E-state index is 12.9. The summed E-state index contributed by atoms with van der Waals surface area (Å²) in [6, 6.07) is 2.73. The predicted octanol–water partition coefficient (Wildman–Crippen LogP) is 1.53. The lowest BCUT2D eigenvalue weighted by molar-refractivity contribution is 0.331. The topological polar surface area (TPSA) is 35.2 Å². The van der Waals surface area contributed by atoms with Gasteiger partial charge in [-0.05, 0) is 24.6 Å². The van der Waals surface area contributed by atoms with Gasteiger partial charge in [-0.1, -0.05) is 0 Å². The summed E-state index contributed by atoms with van der Waals surface area (Å²) in [4.78, 5) is 0. The van der Waals surface area contributed by atoms with Gasteiger partial charge in [0, 0.05) is 5.56 Å². The van der Waals surface area contributed by atoms with Gasteiger partial charge in [0.25, 0.3) is 0 Å². The van der Waals surface area contributed by atoms with Crippen LogP contribution in [0.5, 0.6) is 5.75 Å². The molecule has 0 radical (unpaired) electrons. The fraction of sp³-hybridized carbons (Fsp3) is 0.333. The van der Waals surface area contributed by atoms with Gasteiger partial charge < -0.3 is 10.5 Å². The van der Waals surface area contributed by atoms with Crippen molar-refractivity contribution >= 4 is 0 Å². The summed E-state index contributed by atoms with van der Waals surface area (Å²) in [6.45, 7) is 2.28. The van der Waals surface area contributed by atoms with Gasteiger partial charge in [-0.3, -0.25) is 0 Å². The molecule has 0 fully saturated rings. The van der Waals surface area contributed by atoms with Crippen molar-refractivity contribution in [3.63, 3.8) is 0 Å². The van der Waals surface area contributed by atoms with Crippen LogP contribution >= 0.6 is 0 Å². The quantitative estimate of drug-likeness (QED) is 0.636. The molecule has 2 rings (SSSR count). The van der Waals surface area contributed by atoms with E-state index in [4.69, 9.17) is 10.5 Å². The molecule has 1 atom stereocenters. The number of fused-ring (bicyclic) bond motifs is 1. The van der Waals surface area contributed by atoms with Gasteiger partial charge in [0.2, 0.25) is 0 Å². The lowest BCUT2D eigenvalue weighted by Crippen LogP contribution is -2.10. The molecule has 0 bridgehead atoms. The number of hydrogen-bond acceptors (Lipinski definition) is 2. The molecule has 1 aromatic rings. The Morgan fingerprint density at radius 3 is 3.08 bits per heavy atom. The van der Waals surface area contributed by atoms with Crippen molar-refractivity contribution in [2.45, 2.75) is 13.0 Å². The molecule has 0 unspecified atom stereocenters. The van der Waals surface area contributed by atoms with Crippen molar-refractivity contribution in [3.05, 3.63) is 29.1 Å². The zero-order chi connectivity index (χ0) is 8.72. The smallest absolute Gasteiger partial charge is 0.127 e. The minimum atomic E-state index is -0.243. The maximum Gasteiger partial charge on any atom is 0.127 e. The number of halogens is 1. The molecule has 1 heterocycles. The van der Waals surface area contributed by atoms with E-state index in [2.05, 4.69) is 0 Å². The Morgan fingerprint density at radius 1 is 1.58 bits per heavy atom. The Balaban J connectivity index is 2.60. The van der Waals surface area contributed by atoms with E-state index in [0.717, 1.165) is 16.9 Å². The summed E-state index contributed by atoms with van der Waals surface area (Å²) in [7, 11) is 0. The van der Waals surface area contributed by atoms with Crippen LogP contribution in [0, 0.1) is 12.7 Å². The molecular weight excluding hydrogens is 157 g/mol. The molecule has 1 aliphatic rings. The van der Waals surface area contributed by atoms with Crippen molar-refractivity contribution in [2.75, 3.05) is 6.61 Å². The Labute approximate surface area is 70.1 Å². The zero-order valence-corrected chi connectivity index (χ0v) is 6.80. The Hall–Kier alpha value is -1.09. The van der Waals surface area contributed by atoms with Crippen LogP contribution in [0.25, 0.3) is 0 Å². The SMILES string of the molecule is Cc1cc(F)cc2c1OC[C@H]2N. The largest absolute Gasteiger partial charge is 0.491 e. The first kappa shape index (κ1) is 7.55. The summed E-state index contributed by atoms with van der Waals surface area (Å²) in [5, 5.41) is 0. The molecule has 12 heavy (non-hydrogen) atoms. The fourth-order valence-corrected chi connectivity index (χ4v) is 1.49. The van der Waals surface area contributed by atoms with Crippen molar-refractivity contribution in [1.82, 2.24) is 0 Å². The number of rotatable bonds is 0. The van der Waals surface area contributed by atoms with Crippen LogP contribution in [0.3, 0.4) is 0 Å². The highest BCUT2D eigenvalue weighted by Crippen LogP contribution is 2.34. The van der Waals surface area contributed by atoms with Gasteiger partial charge in [-0.15, -0.1) is 0 Å². The maximum absolute atomic E-state index is 12.9. The normalized spacial score (nSPS) is 20.4. The molecule has 0 saturated carbocycles. The van der Waals surface area contributed by atoms with Crippen LogP contribution < -0.4 is 10.5 Å². The number of ether oxygens (including phenoxy) is 1. The monoisotopic (exact) mass is 167 g/mol.